The largest absolute Gasteiger partial charge is 0.208 e. The second kappa shape index (κ2) is 12.1. The summed E-state index contributed by atoms with van der Waals surface area (Å²) in [5, 5.41) is 7.20. The molecule has 0 unspecified atom stereocenters. The Morgan fingerprint density at radius 2 is 0.902 bits per heavy atom. The summed E-state index contributed by atoms with van der Waals surface area (Å²) in [6.45, 7) is 0. The van der Waals surface area contributed by atoms with Gasteiger partial charge in [-0.15, -0.1) is 11.3 Å². The molecule has 0 aliphatic rings. The van der Waals surface area contributed by atoms with E-state index in [2.05, 4.69) is 158 Å². The molecular weight excluding hydrogens is 639 g/mol. The molecule has 3 nitrogen and oxygen atoms in total. The Hall–Kier alpha value is -6.49. The maximum absolute atomic E-state index is 5.19. The summed E-state index contributed by atoms with van der Waals surface area (Å²) in [5.74, 6) is 1.99. The molecule has 0 radical (unpaired) electrons. The van der Waals surface area contributed by atoms with E-state index in [4.69, 9.17) is 15.0 Å². The molecule has 0 spiro atoms. The average molecular weight is 668 g/mol. The standard InChI is InChI=1S/C47H29N3S/c1-3-12-30(13-4-1)34-18-11-19-35(26-34)36-24-25-40-42(28-36)51-43-29-41(38-20-9-10-21-39(38)44(40)43)47-49-45(32-15-5-2-6-16-32)48-46(50-47)37-23-22-31-14-7-8-17-33(31)27-37/h1-29H. The zero-order valence-corrected chi connectivity index (χ0v) is 28.3. The Bertz CT molecular complexity index is 2910. The van der Waals surface area contributed by atoms with Gasteiger partial charge < -0.3 is 0 Å². The van der Waals surface area contributed by atoms with E-state index >= 15 is 0 Å². The van der Waals surface area contributed by atoms with Crippen molar-refractivity contribution < 1.29 is 0 Å². The SMILES string of the molecule is c1ccc(-c2cccc(-c3ccc4c(c3)sc3cc(-c5nc(-c6ccccc6)nc(-c6ccc7ccccc7c6)n5)c5ccccc5c34)c2)cc1. The third kappa shape index (κ3) is 5.25. The van der Waals surface area contributed by atoms with Crippen molar-refractivity contribution >= 4 is 53.1 Å². The van der Waals surface area contributed by atoms with Crippen LogP contribution in [-0.2, 0) is 0 Å². The highest BCUT2D eigenvalue weighted by molar-refractivity contribution is 7.26. The molecule has 0 atom stereocenters. The normalized spacial score (nSPS) is 11.5. The number of benzene rings is 8. The van der Waals surface area contributed by atoms with Crippen LogP contribution in [0.3, 0.4) is 0 Å². The summed E-state index contributed by atoms with van der Waals surface area (Å²) in [6, 6.07) is 62.2. The van der Waals surface area contributed by atoms with E-state index in [1.165, 1.54) is 53.2 Å². The number of aromatic nitrogens is 3. The Kier molecular flexibility index (Phi) is 7.00. The second-order valence-electron chi connectivity index (χ2n) is 12.8. The topological polar surface area (TPSA) is 38.7 Å². The Labute approximate surface area is 299 Å². The summed E-state index contributed by atoms with van der Waals surface area (Å²) >= 11 is 1.83. The monoisotopic (exact) mass is 667 g/mol. The molecule has 238 valence electrons. The molecule has 0 aliphatic heterocycles. The van der Waals surface area contributed by atoms with Crippen molar-refractivity contribution in [3.63, 3.8) is 0 Å². The Balaban J connectivity index is 1.16. The lowest BCUT2D eigenvalue weighted by Crippen LogP contribution is -2.00. The van der Waals surface area contributed by atoms with Gasteiger partial charge in [-0.3, -0.25) is 0 Å². The van der Waals surface area contributed by atoms with Gasteiger partial charge >= 0.3 is 0 Å². The molecule has 0 saturated heterocycles. The molecule has 0 bridgehead atoms. The predicted octanol–water partition coefficient (Wildman–Crippen LogP) is 12.9. The van der Waals surface area contributed by atoms with Gasteiger partial charge in [0.1, 0.15) is 0 Å². The van der Waals surface area contributed by atoms with Gasteiger partial charge in [-0.2, -0.15) is 0 Å². The summed E-state index contributed by atoms with van der Waals surface area (Å²) in [7, 11) is 0. The summed E-state index contributed by atoms with van der Waals surface area (Å²) in [4.78, 5) is 15.4. The summed E-state index contributed by atoms with van der Waals surface area (Å²) in [6.07, 6.45) is 0. The maximum Gasteiger partial charge on any atom is 0.164 e. The van der Waals surface area contributed by atoms with Gasteiger partial charge in [0.2, 0.25) is 0 Å². The fourth-order valence-corrected chi connectivity index (χ4v) is 8.39. The molecule has 2 heterocycles. The van der Waals surface area contributed by atoms with Gasteiger partial charge in [-0.1, -0.05) is 152 Å². The van der Waals surface area contributed by atoms with Crippen molar-refractivity contribution in [3.05, 3.63) is 176 Å². The minimum absolute atomic E-state index is 0.659. The van der Waals surface area contributed by atoms with Gasteiger partial charge in [-0.25, -0.2) is 15.0 Å². The molecule has 10 rings (SSSR count). The van der Waals surface area contributed by atoms with Crippen LogP contribution in [-0.4, -0.2) is 15.0 Å². The van der Waals surface area contributed by atoms with E-state index in [1.807, 2.05) is 29.5 Å². The third-order valence-electron chi connectivity index (χ3n) is 9.70. The molecule has 0 aliphatic carbocycles. The lowest BCUT2D eigenvalue weighted by Gasteiger charge is -2.12. The first-order chi connectivity index (χ1) is 25.2. The van der Waals surface area contributed by atoms with Crippen molar-refractivity contribution in [2.45, 2.75) is 0 Å². The Morgan fingerprint density at radius 1 is 0.314 bits per heavy atom. The van der Waals surface area contributed by atoms with E-state index in [-0.39, 0.29) is 0 Å². The van der Waals surface area contributed by atoms with E-state index in [0.29, 0.717) is 17.5 Å². The average Bonchev–Trinajstić information content (AvgIpc) is 3.59. The quantitative estimate of drug-likeness (QED) is 0.183. The second-order valence-corrected chi connectivity index (χ2v) is 13.9. The Morgan fingerprint density at radius 3 is 1.71 bits per heavy atom. The molecule has 0 amide bonds. The molecule has 0 fully saturated rings. The molecule has 2 aromatic heterocycles. The van der Waals surface area contributed by atoms with Crippen molar-refractivity contribution in [2.75, 3.05) is 0 Å². The van der Waals surface area contributed by atoms with E-state index < -0.39 is 0 Å². The smallest absolute Gasteiger partial charge is 0.164 e. The van der Waals surface area contributed by atoms with Crippen LogP contribution in [0.1, 0.15) is 0 Å². The molecular formula is C47H29N3S. The fourth-order valence-electron chi connectivity index (χ4n) is 7.18. The maximum atomic E-state index is 5.19. The number of nitrogens with zero attached hydrogens (tertiary/aromatic N) is 3. The minimum Gasteiger partial charge on any atom is -0.208 e. The van der Waals surface area contributed by atoms with Gasteiger partial charge in [-0.05, 0) is 68.1 Å². The summed E-state index contributed by atoms with van der Waals surface area (Å²) < 4.78 is 2.47. The molecule has 8 aromatic carbocycles. The molecule has 10 aromatic rings. The van der Waals surface area contributed by atoms with Crippen LogP contribution < -0.4 is 0 Å². The van der Waals surface area contributed by atoms with Crippen LogP contribution in [0, 0.1) is 0 Å². The number of thiophene rings is 1. The van der Waals surface area contributed by atoms with Gasteiger partial charge in [0.15, 0.2) is 17.5 Å². The van der Waals surface area contributed by atoms with Crippen molar-refractivity contribution in [1.29, 1.82) is 0 Å². The highest BCUT2D eigenvalue weighted by atomic mass is 32.1. The lowest BCUT2D eigenvalue weighted by atomic mass is 9.96. The number of rotatable bonds is 5. The number of fused-ring (bicyclic) bond motifs is 6. The summed E-state index contributed by atoms with van der Waals surface area (Å²) in [5.41, 5.74) is 7.78. The highest BCUT2D eigenvalue weighted by Gasteiger charge is 2.18. The van der Waals surface area contributed by atoms with Gasteiger partial charge in [0.25, 0.3) is 0 Å². The van der Waals surface area contributed by atoms with Crippen LogP contribution in [0.15, 0.2) is 176 Å². The highest BCUT2D eigenvalue weighted by Crippen LogP contribution is 2.44. The van der Waals surface area contributed by atoms with Crippen LogP contribution >= 0.6 is 11.3 Å². The van der Waals surface area contributed by atoms with Crippen LogP contribution in [0.5, 0.6) is 0 Å². The van der Waals surface area contributed by atoms with E-state index in [1.54, 1.807) is 0 Å². The molecule has 0 N–H and O–H groups in total. The van der Waals surface area contributed by atoms with Crippen LogP contribution in [0.25, 0.3) is 98.1 Å². The van der Waals surface area contributed by atoms with Gasteiger partial charge in [0.05, 0.1) is 0 Å². The zero-order valence-electron chi connectivity index (χ0n) is 27.5. The lowest BCUT2D eigenvalue weighted by molar-refractivity contribution is 1.08. The predicted molar refractivity (Wildman–Crippen MR) is 215 cm³/mol. The van der Waals surface area contributed by atoms with E-state index in [0.717, 1.165) is 27.5 Å². The third-order valence-corrected chi connectivity index (χ3v) is 10.8. The van der Waals surface area contributed by atoms with Crippen molar-refractivity contribution in [3.8, 4) is 56.4 Å². The first-order valence-electron chi connectivity index (χ1n) is 17.1. The molecule has 4 heteroatoms. The minimum atomic E-state index is 0.659. The first kappa shape index (κ1) is 29.4. The molecule has 0 saturated carbocycles. The zero-order chi connectivity index (χ0) is 33.7. The van der Waals surface area contributed by atoms with Crippen molar-refractivity contribution in [1.82, 2.24) is 15.0 Å². The van der Waals surface area contributed by atoms with Gasteiger partial charge in [0, 0.05) is 36.9 Å². The fraction of sp³-hybridized carbons (Fsp3) is 0. The van der Waals surface area contributed by atoms with Crippen molar-refractivity contribution in [2.24, 2.45) is 0 Å². The number of hydrogen-bond acceptors (Lipinski definition) is 4. The first-order valence-corrected chi connectivity index (χ1v) is 17.9. The van der Waals surface area contributed by atoms with Crippen LogP contribution in [0.4, 0.5) is 0 Å². The van der Waals surface area contributed by atoms with E-state index in [9.17, 15) is 0 Å². The van der Waals surface area contributed by atoms with Crippen LogP contribution in [0.2, 0.25) is 0 Å². The number of hydrogen-bond donors (Lipinski definition) is 0. The molecule has 51 heavy (non-hydrogen) atoms.